The number of aliphatic hydroxyl groups is 1. The number of rotatable bonds is 1. The number of hydrogen-bond donors (Lipinski definition) is 2. The highest BCUT2D eigenvalue weighted by Gasteiger charge is 2.39. The summed E-state index contributed by atoms with van der Waals surface area (Å²) in [6, 6.07) is -0.134. The molecule has 1 saturated carbocycles. The van der Waals surface area contributed by atoms with E-state index in [0.29, 0.717) is 13.0 Å². The Morgan fingerprint density at radius 1 is 1.17 bits per heavy atom. The number of β-amino-alcohol motifs (C(OH)–C–C–N with tert-alkyl or cyclic N) is 1. The van der Waals surface area contributed by atoms with Gasteiger partial charge in [0.05, 0.1) is 12.1 Å². The van der Waals surface area contributed by atoms with Crippen LogP contribution in [0.4, 0.5) is 0 Å². The van der Waals surface area contributed by atoms with Gasteiger partial charge in [-0.2, -0.15) is 0 Å². The van der Waals surface area contributed by atoms with E-state index < -0.39 is 0 Å². The molecule has 5 heteroatoms. The van der Waals surface area contributed by atoms with Gasteiger partial charge in [0, 0.05) is 19.6 Å². The molecule has 4 atom stereocenters. The maximum atomic E-state index is 12.3. The normalized spacial score (nSPS) is 39.3. The highest BCUT2D eigenvalue weighted by atomic mass is 35.5. The van der Waals surface area contributed by atoms with Crippen molar-refractivity contribution < 1.29 is 9.90 Å². The standard InChI is InChI=1S/C13H22N2O2.ClH/c16-11-5-12(14-6-11)13(17)15-7-9-3-1-2-4-10(9)8-15;/h9-12,14,16H,1-8H2;1H. The molecule has 2 heterocycles. The highest BCUT2D eigenvalue weighted by molar-refractivity contribution is 5.85. The number of aliphatic hydroxyl groups excluding tert-OH is 1. The molecular weight excluding hydrogens is 252 g/mol. The molecule has 3 rings (SSSR count). The molecule has 2 saturated heterocycles. The van der Waals surface area contributed by atoms with Crippen molar-refractivity contribution in [2.45, 2.75) is 44.2 Å². The number of fused-ring (bicyclic) bond motifs is 1. The van der Waals surface area contributed by atoms with Crippen LogP contribution in [-0.4, -0.2) is 47.7 Å². The lowest BCUT2D eigenvalue weighted by Gasteiger charge is -2.22. The first-order valence-corrected chi connectivity index (χ1v) is 6.94. The van der Waals surface area contributed by atoms with Crippen molar-refractivity contribution in [3.63, 3.8) is 0 Å². The molecule has 3 aliphatic rings. The van der Waals surface area contributed by atoms with Crippen molar-refractivity contribution in [2.24, 2.45) is 11.8 Å². The van der Waals surface area contributed by atoms with Crippen LogP contribution in [-0.2, 0) is 4.79 Å². The Morgan fingerprint density at radius 2 is 1.78 bits per heavy atom. The second kappa shape index (κ2) is 5.76. The van der Waals surface area contributed by atoms with Crippen LogP contribution < -0.4 is 5.32 Å². The number of amides is 1. The molecule has 0 aromatic carbocycles. The van der Waals surface area contributed by atoms with Gasteiger partial charge in [0.25, 0.3) is 0 Å². The number of nitrogens with one attached hydrogen (secondary N) is 1. The molecule has 1 aliphatic carbocycles. The SMILES string of the molecule is Cl.O=C(C1CC(O)CN1)N1CC2CCCCC2C1. The van der Waals surface area contributed by atoms with E-state index in [9.17, 15) is 9.90 Å². The average Bonchev–Trinajstić information content (AvgIpc) is 2.93. The first kappa shape index (κ1) is 14.1. The molecule has 18 heavy (non-hydrogen) atoms. The molecule has 1 amide bonds. The van der Waals surface area contributed by atoms with Crippen molar-refractivity contribution in [3.8, 4) is 0 Å². The van der Waals surface area contributed by atoms with E-state index in [1.165, 1.54) is 25.7 Å². The Hall–Kier alpha value is -0.320. The topological polar surface area (TPSA) is 52.6 Å². The van der Waals surface area contributed by atoms with Crippen molar-refractivity contribution in [3.05, 3.63) is 0 Å². The van der Waals surface area contributed by atoms with E-state index in [2.05, 4.69) is 5.32 Å². The Morgan fingerprint density at radius 3 is 2.28 bits per heavy atom. The van der Waals surface area contributed by atoms with Gasteiger partial charge in [-0.05, 0) is 31.1 Å². The molecule has 0 bridgehead atoms. The average molecular weight is 275 g/mol. The number of carbonyl (C=O) groups excluding carboxylic acids is 1. The van der Waals surface area contributed by atoms with Gasteiger partial charge in [0.1, 0.15) is 0 Å². The number of halogens is 1. The number of likely N-dealkylation sites (tertiary alicyclic amines) is 1. The summed E-state index contributed by atoms with van der Waals surface area (Å²) in [6.45, 7) is 2.48. The predicted molar refractivity (Wildman–Crippen MR) is 71.7 cm³/mol. The monoisotopic (exact) mass is 274 g/mol. The van der Waals surface area contributed by atoms with E-state index >= 15 is 0 Å². The summed E-state index contributed by atoms with van der Waals surface area (Å²) in [4.78, 5) is 14.3. The maximum absolute atomic E-state index is 12.3. The van der Waals surface area contributed by atoms with Gasteiger partial charge >= 0.3 is 0 Å². The maximum Gasteiger partial charge on any atom is 0.239 e. The number of carbonyl (C=O) groups is 1. The predicted octanol–water partition coefficient (Wildman–Crippen LogP) is 0.780. The van der Waals surface area contributed by atoms with Gasteiger partial charge < -0.3 is 15.3 Å². The summed E-state index contributed by atoms with van der Waals surface area (Å²) >= 11 is 0. The minimum absolute atomic E-state index is 0. The fourth-order valence-electron chi connectivity index (χ4n) is 3.71. The third-order valence-electron chi connectivity index (χ3n) is 4.69. The van der Waals surface area contributed by atoms with Crippen LogP contribution in [0.1, 0.15) is 32.1 Å². The lowest BCUT2D eigenvalue weighted by Crippen LogP contribution is -2.42. The van der Waals surface area contributed by atoms with Crippen LogP contribution >= 0.6 is 12.4 Å². The third-order valence-corrected chi connectivity index (χ3v) is 4.69. The Bertz CT molecular complexity index is 299. The quantitative estimate of drug-likeness (QED) is 0.743. The molecule has 0 spiro atoms. The zero-order valence-corrected chi connectivity index (χ0v) is 11.5. The second-order valence-electron chi connectivity index (χ2n) is 5.90. The van der Waals surface area contributed by atoms with Crippen LogP contribution in [0.3, 0.4) is 0 Å². The minimum Gasteiger partial charge on any atom is -0.392 e. The van der Waals surface area contributed by atoms with Crippen LogP contribution in [0.5, 0.6) is 0 Å². The lowest BCUT2D eigenvalue weighted by molar-refractivity contribution is -0.132. The molecule has 104 valence electrons. The molecule has 2 N–H and O–H groups in total. The Kier molecular flexibility index (Phi) is 4.51. The van der Waals surface area contributed by atoms with Crippen LogP contribution in [0.2, 0.25) is 0 Å². The summed E-state index contributed by atoms with van der Waals surface area (Å²) < 4.78 is 0. The van der Waals surface area contributed by atoms with Crippen LogP contribution in [0.25, 0.3) is 0 Å². The first-order chi connectivity index (χ1) is 8.24. The van der Waals surface area contributed by atoms with Gasteiger partial charge in [-0.15, -0.1) is 12.4 Å². The molecule has 4 unspecified atom stereocenters. The van der Waals surface area contributed by atoms with E-state index in [1.54, 1.807) is 0 Å². The second-order valence-corrected chi connectivity index (χ2v) is 5.90. The van der Waals surface area contributed by atoms with Gasteiger partial charge in [-0.3, -0.25) is 4.79 Å². The molecule has 0 radical (unpaired) electrons. The summed E-state index contributed by atoms with van der Waals surface area (Å²) in [6.07, 6.45) is 5.52. The number of nitrogens with zero attached hydrogens (tertiary/aromatic N) is 1. The molecule has 4 nitrogen and oxygen atoms in total. The smallest absolute Gasteiger partial charge is 0.239 e. The third kappa shape index (κ3) is 2.65. The summed E-state index contributed by atoms with van der Waals surface area (Å²) in [5.41, 5.74) is 0. The van der Waals surface area contributed by atoms with Crippen molar-refractivity contribution in [1.82, 2.24) is 10.2 Å². The summed E-state index contributed by atoms with van der Waals surface area (Å²) in [5.74, 6) is 1.72. The van der Waals surface area contributed by atoms with Crippen LogP contribution in [0, 0.1) is 11.8 Å². The van der Waals surface area contributed by atoms with E-state index in [1.807, 2.05) is 4.90 Å². The van der Waals surface area contributed by atoms with Crippen molar-refractivity contribution in [1.29, 1.82) is 0 Å². The largest absolute Gasteiger partial charge is 0.392 e. The van der Waals surface area contributed by atoms with Crippen molar-refractivity contribution >= 4 is 18.3 Å². The zero-order valence-electron chi connectivity index (χ0n) is 10.7. The fourth-order valence-corrected chi connectivity index (χ4v) is 3.71. The highest BCUT2D eigenvalue weighted by Crippen LogP contribution is 2.36. The van der Waals surface area contributed by atoms with Crippen LogP contribution in [0.15, 0.2) is 0 Å². The van der Waals surface area contributed by atoms with Gasteiger partial charge in [0.2, 0.25) is 5.91 Å². The van der Waals surface area contributed by atoms with E-state index in [0.717, 1.165) is 24.9 Å². The summed E-state index contributed by atoms with van der Waals surface area (Å²) in [5, 5.41) is 12.6. The van der Waals surface area contributed by atoms with Gasteiger partial charge in [-0.1, -0.05) is 12.8 Å². The van der Waals surface area contributed by atoms with Gasteiger partial charge in [-0.25, -0.2) is 0 Å². The van der Waals surface area contributed by atoms with Crippen molar-refractivity contribution in [2.75, 3.05) is 19.6 Å². The van der Waals surface area contributed by atoms with E-state index in [4.69, 9.17) is 0 Å². The first-order valence-electron chi connectivity index (χ1n) is 6.94. The Balaban J connectivity index is 0.00000120. The summed E-state index contributed by atoms with van der Waals surface area (Å²) in [7, 11) is 0. The van der Waals surface area contributed by atoms with Gasteiger partial charge in [0.15, 0.2) is 0 Å². The van der Waals surface area contributed by atoms with E-state index in [-0.39, 0.29) is 30.5 Å². The lowest BCUT2D eigenvalue weighted by atomic mass is 9.82. The molecule has 3 fully saturated rings. The molecule has 0 aromatic rings. The number of hydrogen-bond acceptors (Lipinski definition) is 3. The zero-order chi connectivity index (χ0) is 11.8. The molecule has 2 aliphatic heterocycles. The fraction of sp³-hybridized carbons (Fsp3) is 0.923. The molecule has 0 aromatic heterocycles. The molecular formula is C13H23ClN2O2. The minimum atomic E-state index is -0.339. The Labute approximate surface area is 115 Å².